The van der Waals surface area contributed by atoms with Gasteiger partial charge in [-0.25, -0.2) is 0 Å². The highest BCUT2D eigenvalue weighted by atomic mass is 127. The summed E-state index contributed by atoms with van der Waals surface area (Å²) in [6, 6.07) is 26.5. The zero-order chi connectivity index (χ0) is 30.0. The van der Waals surface area contributed by atoms with Crippen molar-refractivity contribution in [2.24, 2.45) is 5.92 Å². The Morgan fingerprint density at radius 2 is 1.51 bits per heavy atom. The van der Waals surface area contributed by atoms with Crippen molar-refractivity contribution in [3.05, 3.63) is 133 Å². The summed E-state index contributed by atoms with van der Waals surface area (Å²) in [6.07, 6.45) is -0.790. The molecule has 7 rings (SSSR count). The molecular weight excluding hydrogens is 702 g/mol. The van der Waals surface area contributed by atoms with Gasteiger partial charge in [-0.2, -0.15) is 0 Å². The van der Waals surface area contributed by atoms with Gasteiger partial charge in [0.05, 0.1) is 22.1 Å². The topological polar surface area (TPSA) is 95.9 Å². The highest BCUT2D eigenvalue weighted by molar-refractivity contribution is 14.1. The van der Waals surface area contributed by atoms with E-state index in [9.17, 15) is 19.5 Å². The molecule has 2 fully saturated rings. The minimum absolute atomic E-state index is 0.251. The molecule has 43 heavy (non-hydrogen) atoms. The number of anilines is 1. The molecule has 4 aromatic rings. The fraction of sp³-hybridized carbons (Fsp3) is 0.182. The van der Waals surface area contributed by atoms with Crippen molar-refractivity contribution in [2.75, 3.05) is 5.32 Å². The van der Waals surface area contributed by atoms with Gasteiger partial charge in [0, 0.05) is 9.26 Å². The van der Waals surface area contributed by atoms with Crippen LogP contribution in [0, 0.1) is 9.49 Å². The largest absolute Gasteiger partial charge is 0.481 e. The Kier molecular flexibility index (Phi) is 7.00. The second-order valence-corrected chi connectivity index (χ2v) is 13.0. The quantitative estimate of drug-likeness (QED) is 0.175. The lowest BCUT2D eigenvalue weighted by molar-refractivity contribution is -0.179. The fourth-order valence-corrected chi connectivity index (χ4v) is 8.03. The Morgan fingerprint density at radius 1 is 0.837 bits per heavy atom. The molecule has 3 aliphatic rings. The summed E-state index contributed by atoms with van der Waals surface area (Å²) in [5, 5.41) is 14.5. The predicted octanol–water partition coefficient (Wildman–Crippen LogP) is 6.95. The smallest absolute Gasteiger partial charge is 0.325 e. The van der Waals surface area contributed by atoms with Crippen LogP contribution in [0.25, 0.3) is 0 Å². The number of esters is 1. The Labute approximate surface area is 270 Å². The molecule has 1 amide bonds. The molecule has 0 unspecified atom stereocenters. The summed E-state index contributed by atoms with van der Waals surface area (Å²) in [5.74, 6) is -3.97. The van der Waals surface area contributed by atoms with E-state index in [1.54, 1.807) is 24.3 Å². The average molecular weight is 725 g/mol. The minimum Gasteiger partial charge on any atom is -0.481 e. The number of morpholine rings is 1. The van der Waals surface area contributed by atoms with Crippen LogP contribution >= 0.6 is 45.8 Å². The molecule has 1 spiro atoms. The Bertz CT molecular complexity index is 1790. The maximum Gasteiger partial charge on any atom is 0.325 e. The highest BCUT2D eigenvalue weighted by Gasteiger charge is 2.74. The van der Waals surface area contributed by atoms with E-state index in [4.69, 9.17) is 27.9 Å². The first-order valence-corrected chi connectivity index (χ1v) is 15.4. The number of halogens is 3. The van der Waals surface area contributed by atoms with Gasteiger partial charge in [0.25, 0.3) is 0 Å². The minimum atomic E-state index is -1.71. The lowest BCUT2D eigenvalue weighted by Crippen LogP contribution is -2.52. The van der Waals surface area contributed by atoms with Crippen LogP contribution in [0.3, 0.4) is 0 Å². The van der Waals surface area contributed by atoms with Crippen LogP contribution < -0.4 is 5.32 Å². The number of carbonyl (C=O) groups is 3. The van der Waals surface area contributed by atoms with Gasteiger partial charge in [0.2, 0.25) is 5.91 Å². The number of amides is 1. The molecule has 3 aliphatic heterocycles. The number of carbonyl (C=O) groups excluding carboxylic acids is 2. The zero-order valence-electron chi connectivity index (χ0n) is 22.3. The van der Waals surface area contributed by atoms with E-state index in [2.05, 4.69) is 27.9 Å². The van der Waals surface area contributed by atoms with Crippen LogP contribution in [-0.2, 0) is 24.5 Å². The number of hydrogen-bond donors (Lipinski definition) is 2. The Morgan fingerprint density at radius 3 is 2.16 bits per heavy atom. The van der Waals surface area contributed by atoms with Gasteiger partial charge in [-0.3, -0.25) is 19.3 Å². The number of carboxylic acids is 1. The van der Waals surface area contributed by atoms with Crippen molar-refractivity contribution >= 4 is 69.3 Å². The molecule has 2 saturated heterocycles. The molecule has 2 N–H and O–H groups in total. The molecule has 10 heteroatoms. The summed E-state index contributed by atoms with van der Waals surface area (Å²) < 4.78 is 7.00. The van der Waals surface area contributed by atoms with Gasteiger partial charge < -0.3 is 15.2 Å². The highest BCUT2D eigenvalue weighted by Crippen LogP contribution is 2.65. The summed E-state index contributed by atoms with van der Waals surface area (Å²) >= 11 is 15.1. The first kappa shape index (κ1) is 28.3. The molecular formula is C33H23Cl2IN2O5. The molecule has 0 saturated carbocycles. The predicted molar refractivity (Wildman–Crippen MR) is 170 cm³/mol. The van der Waals surface area contributed by atoms with Crippen molar-refractivity contribution in [1.29, 1.82) is 0 Å². The number of benzene rings is 4. The van der Waals surface area contributed by atoms with Crippen LogP contribution in [0.4, 0.5) is 5.69 Å². The van der Waals surface area contributed by atoms with Crippen LogP contribution in [-0.4, -0.2) is 33.9 Å². The molecule has 216 valence electrons. The third-order valence-corrected chi connectivity index (χ3v) is 10.2. The number of ether oxygens (including phenoxy) is 1. The summed E-state index contributed by atoms with van der Waals surface area (Å²) in [5.41, 5.74) is 1.43. The number of nitrogens with zero attached hydrogens (tertiary/aromatic N) is 1. The maximum atomic E-state index is 14.4. The summed E-state index contributed by atoms with van der Waals surface area (Å²) in [7, 11) is 0. The molecule has 7 nitrogen and oxygen atoms in total. The van der Waals surface area contributed by atoms with Gasteiger partial charge in [-0.15, -0.1) is 0 Å². The van der Waals surface area contributed by atoms with Gasteiger partial charge in [0.15, 0.2) is 0 Å². The van der Waals surface area contributed by atoms with Gasteiger partial charge >= 0.3 is 11.9 Å². The van der Waals surface area contributed by atoms with Crippen molar-refractivity contribution < 1.29 is 24.2 Å². The van der Waals surface area contributed by atoms with E-state index in [-0.39, 0.29) is 5.02 Å². The van der Waals surface area contributed by atoms with Crippen molar-refractivity contribution in [3.8, 4) is 0 Å². The van der Waals surface area contributed by atoms with E-state index >= 15 is 0 Å². The zero-order valence-corrected chi connectivity index (χ0v) is 26.0. The third-order valence-electron chi connectivity index (χ3n) is 8.80. The van der Waals surface area contributed by atoms with Gasteiger partial charge in [-0.1, -0.05) is 89.9 Å². The molecule has 4 aromatic carbocycles. The normalized spacial score (nSPS) is 27.8. The van der Waals surface area contributed by atoms with Gasteiger partial charge in [0.1, 0.15) is 23.5 Å². The SMILES string of the molecule is O=C1O[C@H](c2ccccc2)[C@H](c2ccccc2)N2[C@H]1[C@@H](C(=O)O)[C@]1(C(=O)Nc3ccc(I)cc31)[C@H]2c1ccc(Cl)c(Cl)c1. The van der Waals surface area contributed by atoms with E-state index < -0.39 is 53.4 Å². The van der Waals surface area contributed by atoms with Crippen molar-refractivity contribution in [1.82, 2.24) is 4.90 Å². The van der Waals surface area contributed by atoms with E-state index in [1.165, 1.54) is 0 Å². The van der Waals surface area contributed by atoms with E-state index in [0.717, 1.165) is 14.7 Å². The standard InChI is InChI=1S/C33H23Cl2IN2O5/c34-22-13-11-19(15-23(22)35)29-33(21-16-20(36)12-14-24(21)37-32(33)42)25(30(39)40)27-31(41)43-28(18-9-5-2-6-10-18)26(38(27)29)17-7-3-1-4-8-17/h1-16,25-29H,(H,37,42)(H,39,40)/t25-,26-,27-,28+,29+,33-/m0/s1. The van der Waals surface area contributed by atoms with Crippen molar-refractivity contribution in [2.45, 2.75) is 29.6 Å². The van der Waals surface area contributed by atoms with Crippen LogP contribution in [0.2, 0.25) is 10.0 Å². The average Bonchev–Trinajstić information content (AvgIpc) is 3.48. The lowest BCUT2D eigenvalue weighted by atomic mass is 9.65. The molecule has 0 aromatic heterocycles. The first-order valence-electron chi connectivity index (χ1n) is 13.6. The number of hydrogen-bond acceptors (Lipinski definition) is 5. The molecule has 0 radical (unpaired) electrons. The van der Waals surface area contributed by atoms with Gasteiger partial charge in [-0.05, 0) is 75.2 Å². The van der Waals surface area contributed by atoms with E-state index in [1.807, 2.05) is 77.7 Å². The van der Waals surface area contributed by atoms with Crippen LogP contribution in [0.15, 0.2) is 97.1 Å². The number of nitrogens with one attached hydrogen (secondary N) is 1. The molecule has 0 bridgehead atoms. The lowest BCUT2D eigenvalue weighted by Gasteiger charge is -2.46. The molecule has 0 aliphatic carbocycles. The monoisotopic (exact) mass is 724 g/mol. The number of aliphatic carboxylic acids is 1. The van der Waals surface area contributed by atoms with E-state index in [0.29, 0.717) is 21.8 Å². The van der Waals surface area contributed by atoms with Crippen LogP contribution in [0.5, 0.6) is 0 Å². The summed E-state index contributed by atoms with van der Waals surface area (Å²) in [4.78, 5) is 43.9. The third kappa shape index (κ3) is 4.22. The number of carboxylic acid groups (broad SMARTS) is 1. The van der Waals surface area contributed by atoms with Crippen LogP contribution in [0.1, 0.15) is 40.4 Å². The number of cyclic esters (lactones) is 1. The fourth-order valence-electron chi connectivity index (χ4n) is 7.23. The Balaban J connectivity index is 1.58. The molecule has 6 atom stereocenters. The molecule has 3 heterocycles. The first-order chi connectivity index (χ1) is 20.7. The second-order valence-electron chi connectivity index (χ2n) is 10.9. The number of fused-ring (bicyclic) bond motifs is 3. The maximum absolute atomic E-state index is 14.4. The van der Waals surface area contributed by atoms with Crippen molar-refractivity contribution in [3.63, 3.8) is 0 Å². The Hall–Kier alpha value is -3.44. The number of rotatable bonds is 4. The second kappa shape index (κ2) is 10.6. The summed E-state index contributed by atoms with van der Waals surface area (Å²) in [6.45, 7) is 0.